The van der Waals surface area contributed by atoms with E-state index in [-0.39, 0.29) is 15.4 Å². The Hall–Kier alpha value is -3.74. The van der Waals surface area contributed by atoms with Crippen molar-refractivity contribution >= 4 is 37.7 Å². The van der Waals surface area contributed by atoms with Gasteiger partial charge in [0.15, 0.2) is 0 Å². The second-order valence-corrected chi connectivity index (χ2v) is 13.8. The summed E-state index contributed by atoms with van der Waals surface area (Å²) in [5.41, 5.74) is 2.06. The third-order valence-corrected chi connectivity index (χ3v) is 9.25. The van der Waals surface area contributed by atoms with E-state index in [1.807, 2.05) is 25.1 Å². The Kier molecular flexibility index (Phi) is 12.7. The van der Waals surface area contributed by atoms with Crippen LogP contribution in [-0.2, 0) is 33.1 Å². The molecule has 0 aliphatic heterocycles. The SMILES string of the molecule is C=CC.NS(=O)(=O)c1ccc(CN(CCSc2ccccc2)Cc2ccc(S(=O)(=O)NC(=O)c3ccccc3)cc2)cc1. The van der Waals surface area contributed by atoms with Gasteiger partial charge in [0.05, 0.1) is 9.79 Å². The molecule has 4 aromatic rings. The van der Waals surface area contributed by atoms with Crippen LogP contribution in [0.15, 0.2) is 137 Å². The van der Waals surface area contributed by atoms with Crippen LogP contribution in [0.2, 0.25) is 0 Å². The van der Waals surface area contributed by atoms with Gasteiger partial charge >= 0.3 is 0 Å². The fourth-order valence-corrected chi connectivity index (χ4v) is 6.35. The van der Waals surface area contributed by atoms with Gasteiger partial charge in [-0.25, -0.2) is 26.7 Å². The molecule has 0 saturated heterocycles. The average Bonchev–Trinajstić information content (AvgIpc) is 2.98. The van der Waals surface area contributed by atoms with Crippen LogP contribution in [0, 0.1) is 0 Å². The smallest absolute Gasteiger partial charge is 0.264 e. The Morgan fingerprint density at radius 2 is 1.26 bits per heavy atom. The first-order valence-corrected chi connectivity index (χ1v) is 17.3. The lowest BCUT2D eigenvalue weighted by molar-refractivity contribution is 0.0981. The Labute approximate surface area is 258 Å². The number of hydrogen-bond acceptors (Lipinski definition) is 7. The van der Waals surface area contributed by atoms with E-state index in [1.165, 1.54) is 24.3 Å². The molecule has 3 N–H and O–H groups in total. The van der Waals surface area contributed by atoms with Crippen LogP contribution in [0.25, 0.3) is 0 Å². The minimum atomic E-state index is -4.04. The Bertz CT molecular complexity index is 1680. The van der Waals surface area contributed by atoms with Gasteiger partial charge in [-0.1, -0.05) is 66.7 Å². The highest BCUT2D eigenvalue weighted by molar-refractivity contribution is 7.99. The van der Waals surface area contributed by atoms with Gasteiger partial charge < -0.3 is 0 Å². The Morgan fingerprint density at radius 1 is 0.791 bits per heavy atom. The number of thioether (sulfide) groups is 1. The van der Waals surface area contributed by atoms with E-state index in [1.54, 1.807) is 72.4 Å². The molecule has 0 fully saturated rings. The van der Waals surface area contributed by atoms with Crippen molar-refractivity contribution < 1.29 is 21.6 Å². The molecule has 8 nitrogen and oxygen atoms in total. The number of amides is 1. The van der Waals surface area contributed by atoms with Crippen LogP contribution in [-0.4, -0.2) is 39.9 Å². The summed E-state index contributed by atoms with van der Waals surface area (Å²) >= 11 is 1.73. The zero-order valence-electron chi connectivity index (χ0n) is 23.8. The van der Waals surface area contributed by atoms with Crippen molar-refractivity contribution in [2.24, 2.45) is 5.14 Å². The maximum Gasteiger partial charge on any atom is 0.264 e. The average molecular weight is 638 g/mol. The number of rotatable bonds is 12. The number of sulfonamides is 2. The van der Waals surface area contributed by atoms with E-state index in [0.717, 1.165) is 28.3 Å². The van der Waals surface area contributed by atoms with Crippen molar-refractivity contribution in [2.75, 3.05) is 12.3 Å². The van der Waals surface area contributed by atoms with Crippen LogP contribution < -0.4 is 9.86 Å². The molecule has 0 aliphatic carbocycles. The number of hydrogen-bond donors (Lipinski definition) is 2. The molecule has 43 heavy (non-hydrogen) atoms. The van der Waals surface area contributed by atoms with Crippen LogP contribution in [0.1, 0.15) is 28.4 Å². The highest BCUT2D eigenvalue weighted by atomic mass is 32.2. The summed E-state index contributed by atoms with van der Waals surface area (Å²) in [6, 6.07) is 31.1. The topological polar surface area (TPSA) is 127 Å². The number of carbonyl (C=O) groups is 1. The molecule has 226 valence electrons. The molecule has 4 rings (SSSR count). The van der Waals surface area contributed by atoms with Crippen LogP contribution in [0.4, 0.5) is 0 Å². The summed E-state index contributed by atoms with van der Waals surface area (Å²) in [4.78, 5) is 15.8. The lowest BCUT2D eigenvalue weighted by atomic mass is 10.1. The number of nitrogens with one attached hydrogen (secondary N) is 1. The molecule has 0 radical (unpaired) electrons. The van der Waals surface area contributed by atoms with E-state index in [0.29, 0.717) is 13.1 Å². The Balaban J connectivity index is 0.00000162. The minimum absolute atomic E-state index is 0.00898. The van der Waals surface area contributed by atoms with Crippen molar-refractivity contribution in [1.82, 2.24) is 9.62 Å². The first-order chi connectivity index (χ1) is 20.5. The first kappa shape index (κ1) is 33.8. The molecule has 0 bridgehead atoms. The second kappa shape index (κ2) is 16.2. The molecule has 0 unspecified atom stereocenters. The van der Waals surface area contributed by atoms with Gasteiger partial charge in [0.1, 0.15) is 0 Å². The second-order valence-electron chi connectivity index (χ2n) is 9.41. The molecule has 0 atom stereocenters. The third-order valence-electron chi connectivity index (χ3n) is 5.98. The highest BCUT2D eigenvalue weighted by Crippen LogP contribution is 2.20. The van der Waals surface area contributed by atoms with Gasteiger partial charge in [-0.05, 0) is 66.6 Å². The number of nitrogens with two attached hydrogens (primary N) is 1. The maximum absolute atomic E-state index is 12.8. The summed E-state index contributed by atoms with van der Waals surface area (Å²) in [7, 11) is -7.81. The van der Waals surface area contributed by atoms with Gasteiger partial charge in [0.25, 0.3) is 15.9 Å². The standard InChI is InChI=1S/C29H29N3O5S3.C3H6/c30-39(34,35)27-15-11-23(12-16-27)21-32(19-20-38-26-9-5-2-6-10-26)22-24-13-17-28(18-14-24)40(36,37)31-29(33)25-7-3-1-4-8-25;1-3-2/h1-18H,19-22H2,(H,31,33)(H2,30,34,35);3H,1H2,2H3. The largest absolute Gasteiger partial charge is 0.294 e. The van der Waals surface area contributed by atoms with Crippen molar-refractivity contribution in [3.8, 4) is 0 Å². The van der Waals surface area contributed by atoms with Crippen LogP contribution in [0.3, 0.4) is 0 Å². The Morgan fingerprint density at radius 3 is 1.74 bits per heavy atom. The number of primary sulfonamides is 1. The fraction of sp³-hybridized carbons (Fsp3) is 0.156. The summed E-state index contributed by atoms with van der Waals surface area (Å²) in [6.45, 7) is 7.06. The molecule has 4 aromatic carbocycles. The van der Waals surface area contributed by atoms with Gasteiger partial charge in [-0.2, -0.15) is 0 Å². The molecular weight excluding hydrogens is 603 g/mol. The monoisotopic (exact) mass is 637 g/mol. The summed E-state index contributed by atoms with van der Waals surface area (Å²) in [5, 5.41) is 5.22. The molecule has 0 heterocycles. The number of carbonyl (C=O) groups excluding carboxylic acids is 1. The molecule has 0 aromatic heterocycles. The van der Waals surface area contributed by atoms with Crippen LogP contribution >= 0.6 is 11.8 Å². The zero-order chi connectivity index (χ0) is 31.3. The lowest BCUT2D eigenvalue weighted by Gasteiger charge is -2.23. The van der Waals surface area contributed by atoms with E-state index in [9.17, 15) is 21.6 Å². The number of nitrogens with zero attached hydrogens (tertiary/aromatic N) is 1. The molecule has 0 spiro atoms. The van der Waals surface area contributed by atoms with E-state index >= 15 is 0 Å². The van der Waals surface area contributed by atoms with Gasteiger partial charge in [-0.3, -0.25) is 9.69 Å². The maximum atomic E-state index is 12.8. The summed E-state index contributed by atoms with van der Waals surface area (Å²) in [5.74, 6) is 0.122. The van der Waals surface area contributed by atoms with Gasteiger partial charge in [0.2, 0.25) is 10.0 Å². The van der Waals surface area contributed by atoms with Gasteiger partial charge in [-0.15, -0.1) is 18.3 Å². The normalized spacial score (nSPS) is 11.3. The van der Waals surface area contributed by atoms with Crippen molar-refractivity contribution in [1.29, 1.82) is 0 Å². The third kappa shape index (κ3) is 11.1. The molecular formula is C32H35N3O5S3. The first-order valence-electron chi connectivity index (χ1n) is 13.3. The fourth-order valence-electron chi connectivity index (χ4n) is 3.93. The van der Waals surface area contributed by atoms with Crippen molar-refractivity contribution in [2.45, 2.75) is 34.7 Å². The van der Waals surface area contributed by atoms with E-state index in [2.05, 4.69) is 28.3 Å². The van der Waals surface area contributed by atoms with Crippen molar-refractivity contribution in [3.05, 3.63) is 139 Å². The van der Waals surface area contributed by atoms with Gasteiger partial charge in [0, 0.05) is 35.8 Å². The minimum Gasteiger partial charge on any atom is -0.294 e. The quantitative estimate of drug-likeness (QED) is 0.157. The zero-order valence-corrected chi connectivity index (χ0v) is 26.2. The molecule has 1 amide bonds. The molecule has 0 saturated carbocycles. The van der Waals surface area contributed by atoms with E-state index in [4.69, 9.17) is 5.14 Å². The summed E-state index contributed by atoms with van der Waals surface area (Å²) in [6.07, 6.45) is 1.75. The predicted octanol–water partition coefficient (Wildman–Crippen LogP) is 5.44. The summed E-state index contributed by atoms with van der Waals surface area (Å²) < 4.78 is 50.9. The lowest BCUT2D eigenvalue weighted by Crippen LogP contribution is -2.30. The van der Waals surface area contributed by atoms with Crippen LogP contribution in [0.5, 0.6) is 0 Å². The molecule has 0 aliphatic rings. The molecule has 11 heteroatoms. The predicted molar refractivity (Wildman–Crippen MR) is 173 cm³/mol. The number of allylic oxidation sites excluding steroid dienone is 1. The van der Waals surface area contributed by atoms with E-state index < -0.39 is 26.0 Å². The highest BCUT2D eigenvalue weighted by Gasteiger charge is 2.19. The number of benzene rings is 4. The van der Waals surface area contributed by atoms with Crippen molar-refractivity contribution in [3.63, 3.8) is 0 Å².